The van der Waals surface area contributed by atoms with Crippen molar-refractivity contribution in [2.75, 3.05) is 13.7 Å². The summed E-state index contributed by atoms with van der Waals surface area (Å²) in [5.74, 6) is -0.290. The van der Waals surface area contributed by atoms with Crippen molar-refractivity contribution in [2.45, 2.75) is 0 Å². The Kier molecular flexibility index (Phi) is 4.75. The highest BCUT2D eigenvalue weighted by Crippen LogP contribution is 2.34. The lowest BCUT2D eigenvalue weighted by Crippen LogP contribution is -2.23. The third-order valence-corrected chi connectivity index (χ3v) is 5.37. The number of likely N-dealkylation sites (N-methyl/N-ethyl adjacent to an activating group) is 1. The molecule has 0 bridgehead atoms. The van der Waals surface area contributed by atoms with Gasteiger partial charge in [-0.3, -0.25) is 9.69 Å². The fraction of sp³-hybridized carbons (Fsp3) is 0.0952. The molecular formula is C21H16N2O4S. The van der Waals surface area contributed by atoms with E-state index in [0.717, 1.165) is 16.9 Å². The first-order valence-electron chi connectivity index (χ1n) is 8.53. The number of benzene rings is 2. The molecule has 7 heteroatoms. The maximum Gasteiger partial charge on any atom is 0.335 e. The third-order valence-electron chi connectivity index (χ3n) is 4.31. The number of carbonyl (C=O) groups excluding carboxylic acids is 1. The molecule has 140 valence electrons. The summed E-state index contributed by atoms with van der Waals surface area (Å²) in [6.45, 7) is 0.404. The molecule has 2 heterocycles. The molecule has 4 rings (SSSR count). The standard InChI is InChI=1S/C21H16N2O4S/c1-23-19(24)18(11-13-10-15-4-2-3-5-17(15)27-12-13)28-21(23)22-16-8-6-14(7-9-16)20(25)26/h2-11H,12H2,1H3,(H,25,26)/b18-11-,22-21?. The van der Waals surface area contributed by atoms with E-state index < -0.39 is 5.97 Å². The van der Waals surface area contributed by atoms with Crippen molar-refractivity contribution in [1.29, 1.82) is 0 Å². The quantitative estimate of drug-likeness (QED) is 0.801. The number of aromatic carboxylic acids is 1. The number of carbonyl (C=O) groups is 2. The van der Waals surface area contributed by atoms with Gasteiger partial charge in [0.05, 0.1) is 16.2 Å². The van der Waals surface area contributed by atoms with Gasteiger partial charge < -0.3 is 9.84 Å². The van der Waals surface area contributed by atoms with Gasteiger partial charge in [0.15, 0.2) is 5.17 Å². The number of carboxylic acid groups (broad SMARTS) is 1. The second-order valence-electron chi connectivity index (χ2n) is 6.27. The van der Waals surface area contributed by atoms with Crippen molar-refractivity contribution in [2.24, 2.45) is 4.99 Å². The smallest absolute Gasteiger partial charge is 0.335 e. The van der Waals surface area contributed by atoms with E-state index in [4.69, 9.17) is 9.84 Å². The fourth-order valence-electron chi connectivity index (χ4n) is 2.83. The highest BCUT2D eigenvalue weighted by Gasteiger charge is 2.30. The lowest BCUT2D eigenvalue weighted by Gasteiger charge is -2.15. The molecule has 2 aliphatic rings. The van der Waals surface area contributed by atoms with Gasteiger partial charge in [0.25, 0.3) is 5.91 Å². The first kappa shape index (κ1) is 18.1. The van der Waals surface area contributed by atoms with E-state index in [-0.39, 0.29) is 11.5 Å². The van der Waals surface area contributed by atoms with Crippen molar-refractivity contribution >= 4 is 40.6 Å². The molecule has 0 saturated carbocycles. The molecule has 0 aromatic heterocycles. The predicted molar refractivity (Wildman–Crippen MR) is 109 cm³/mol. The number of hydrogen-bond acceptors (Lipinski definition) is 5. The lowest BCUT2D eigenvalue weighted by atomic mass is 10.1. The minimum Gasteiger partial charge on any atom is -0.488 e. The number of amidine groups is 1. The number of aliphatic imine (C=N–C) groups is 1. The monoisotopic (exact) mass is 392 g/mol. The van der Waals surface area contributed by atoms with Crippen LogP contribution in [0.25, 0.3) is 6.08 Å². The number of carboxylic acids is 1. The molecule has 6 nitrogen and oxygen atoms in total. The number of thioether (sulfide) groups is 1. The summed E-state index contributed by atoms with van der Waals surface area (Å²) >= 11 is 1.28. The third kappa shape index (κ3) is 3.57. The van der Waals surface area contributed by atoms with Crippen LogP contribution in [0.4, 0.5) is 5.69 Å². The number of hydrogen-bond donors (Lipinski definition) is 1. The molecule has 2 aromatic carbocycles. The van der Waals surface area contributed by atoms with Gasteiger partial charge in [0.2, 0.25) is 0 Å². The summed E-state index contributed by atoms with van der Waals surface area (Å²) in [6.07, 6.45) is 3.84. The largest absolute Gasteiger partial charge is 0.488 e. The summed E-state index contributed by atoms with van der Waals surface area (Å²) < 4.78 is 5.74. The molecule has 28 heavy (non-hydrogen) atoms. The number of nitrogens with zero attached hydrogens (tertiary/aromatic N) is 2. The zero-order valence-electron chi connectivity index (χ0n) is 15.0. The van der Waals surface area contributed by atoms with Crippen LogP contribution in [-0.4, -0.2) is 40.7 Å². The molecule has 0 aliphatic carbocycles. The van der Waals surface area contributed by atoms with E-state index in [1.165, 1.54) is 28.8 Å². The van der Waals surface area contributed by atoms with E-state index in [2.05, 4.69) is 4.99 Å². The van der Waals surface area contributed by atoms with Gasteiger partial charge in [-0.15, -0.1) is 0 Å². The van der Waals surface area contributed by atoms with E-state index in [9.17, 15) is 9.59 Å². The highest BCUT2D eigenvalue weighted by atomic mass is 32.2. The summed E-state index contributed by atoms with van der Waals surface area (Å²) in [4.78, 5) is 30.0. The minimum atomic E-state index is -0.989. The van der Waals surface area contributed by atoms with Crippen molar-refractivity contribution in [1.82, 2.24) is 4.90 Å². The number of amides is 1. The van der Waals surface area contributed by atoms with Gasteiger partial charge in [-0.1, -0.05) is 18.2 Å². The SMILES string of the molecule is CN1C(=O)/C(=C/C2=Cc3ccccc3OC2)SC1=Nc1ccc(C(=O)O)cc1. The van der Waals surface area contributed by atoms with E-state index in [1.54, 1.807) is 19.2 Å². The number of para-hydroxylation sites is 1. The molecule has 0 unspecified atom stereocenters. The Balaban J connectivity index is 1.58. The van der Waals surface area contributed by atoms with Crippen LogP contribution >= 0.6 is 11.8 Å². The lowest BCUT2D eigenvalue weighted by molar-refractivity contribution is -0.121. The molecule has 2 aliphatic heterocycles. The number of ether oxygens (including phenoxy) is 1. The van der Waals surface area contributed by atoms with Gasteiger partial charge in [0, 0.05) is 12.6 Å². The van der Waals surface area contributed by atoms with Crippen LogP contribution in [0, 0.1) is 0 Å². The van der Waals surface area contributed by atoms with Crippen molar-refractivity contribution in [3.63, 3.8) is 0 Å². The first-order valence-corrected chi connectivity index (χ1v) is 9.35. The molecule has 0 spiro atoms. The van der Waals surface area contributed by atoms with E-state index in [0.29, 0.717) is 22.4 Å². The summed E-state index contributed by atoms with van der Waals surface area (Å²) in [5.41, 5.74) is 2.67. The molecule has 1 fully saturated rings. The average Bonchev–Trinajstić information content (AvgIpc) is 2.96. The van der Waals surface area contributed by atoms with Gasteiger partial charge in [-0.2, -0.15) is 0 Å². The normalized spacial score (nSPS) is 18.8. The second kappa shape index (κ2) is 7.36. The van der Waals surface area contributed by atoms with Gasteiger partial charge in [-0.25, -0.2) is 9.79 Å². The summed E-state index contributed by atoms with van der Waals surface area (Å²) in [5, 5.41) is 9.51. The molecule has 1 saturated heterocycles. The Morgan fingerprint density at radius 2 is 1.96 bits per heavy atom. The maximum absolute atomic E-state index is 12.6. The van der Waals surface area contributed by atoms with Gasteiger partial charge in [0.1, 0.15) is 12.4 Å². The summed E-state index contributed by atoms with van der Waals surface area (Å²) in [7, 11) is 1.67. The first-order chi connectivity index (χ1) is 13.5. The Morgan fingerprint density at radius 1 is 1.21 bits per heavy atom. The van der Waals surface area contributed by atoms with Crippen LogP contribution in [0.5, 0.6) is 5.75 Å². The molecule has 1 N–H and O–H groups in total. The van der Waals surface area contributed by atoms with Crippen molar-refractivity contribution < 1.29 is 19.4 Å². The maximum atomic E-state index is 12.6. The Labute approximate surface area is 165 Å². The molecule has 0 atom stereocenters. The van der Waals surface area contributed by atoms with E-state index in [1.807, 2.05) is 36.4 Å². The minimum absolute atomic E-state index is 0.134. The van der Waals surface area contributed by atoms with Crippen molar-refractivity contribution in [3.8, 4) is 5.75 Å². The predicted octanol–water partition coefficient (Wildman–Crippen LogP) is 3.94. The zero-order chi connectivity index (χ0) is 19.7. The summed E-state index contributed by atoms with van der Waals surface area (Å²) in [6, 6.07) is 14.0. The van der Waals surface area contributed by atoms with Crippen LogP contribution in [0.15, 0.2) is 70.1 Å². The number of fused-ring (bicyclic) bond motifs is 1. The van der Waals surface area contributed by atoms with Crippen LogP contribution in [0.1, 0.15) is 15.9 Å². The Morgan fingerprint density at radius 3 is 2.71 bits per heavy atom. The number of rotatable bonds is 3. The van der Waals surface area contributed by atoms with Gasteiger partial charge >= 0.3 is 5.97 Å². The second-order valence-corrected chi connectivity index (χ2v) is 7.28. The molecule has 0 radical (unpaired) electrons. The van der Waals surface area contributed by atoms with Crippen molar-refractivity contribution in [3.05, 3.63) is 76.2 Å². The zero-order valence-corrected chi connectivity index (χ0v) is 15.8. The highest BCUT2D eigenvalue weighted by molar-refractivity contribution is 8.18. The fourth-order valence-corrected chi connectivity index (χ4v) is 3.83. The topological polar surface area (TPSA) is 79.2 Å². The van der Waals surface area contributed by atoms with Gasteiger partial charge in [-0.05, 0) is 59.8 Å². The van der Waals surface area contributed by atoms with Crippen LogP contribution in [0.2, 0.25) is 0 Å². The van der Waals surface area contributed by atoms with Crippen LogP contribution in [0.3, 0.4) is 0 Å². The molecular weight excluding hydrogens is 376 g/mol. The molecule has 1 amide bonds. The van der Waals surface area contributed by atoms with E-state index >= 15 is 0 Å². The Bertz CT molecular complexity index is 1050. The molecule has 2 aromatic rings. The van der Waals surface area contributed by atoms with Crippen LogP contribution < -0.4 is 4.74 Å². The Hall–Kier alpha value is -3.32. The average molecular weight is 392 g/mol. The van der Waals surface area contributed by atoms with Crippen LogP contribution in [-0.2, 0) is 4.79 Å².